The molecule has 2 aliphatic carbocycles. The monoisotopic (exact) mass is 386 g/mol. The van der Waals surface area contributed by atoms with Crippen LogP contribution in [0, 0.1) is 23.7 Å². The van der Waals surface area contributed by atoms with E-state index in [1.54, 1.807) is 12.1 Å². The number of nitrogens with one attached hydrogen (secondary N) is 1. The number of anilines is 1. The Morgan fingerprint density at radius 3 is 2.41 bits per heavy atom. The molecule has 1 aliphatic heterocycles. The number of fused-ring (bicyclic) bond motifs is 8. The third-order valence-electron chi connectivity index (χ3n) is 6.53. The van der Waals surface area contributed by atoms with Gasteiger partial charge < -0.3 is 9.73 Å². The largest absolute Gasteiger partial charge is 0.456 e. The number of nitrogens with zero attached hydrogens (tertiary/aromatic N) is 1. The molecule has 1 saturated carbocycles. The predicted octanol–water partition coefficient (Wildman–Crippen LogP) is 3.33. The first-order valence-electron chi connectivity index (χ1n) is 9.85. The number of carbonyl (C=O) groups is 3. The van der Waals surface area contributed by atoms with E-state index in [1.807, 2.05) is 42.5 Å². The van der Waals surface area contributed by atoms with Gasteiger partial charge in [-0.05, 0) is 36.5 Å². The second kappa shape index (κ2) is 5.80. The molecule has 1 saturated heterocycles. The summed E-state index contributed by atoms with van der Waals surface area (Å²) in [4.78, 5) is 39.1. The lowest BCUT2D eigenvalue weighted by atomic mass is 9.85. The Bertz CT molecular complexity index is 1210. The van der Waals surface area contributed by atoms with Crippen molar-refractivity contribution in [3.05, 3.63) is 54.6 Å². The summed E-state index contributed by atoms with van der Waals surface area (Å²) in [6, 6.07) is 13.2. The highest BCUT2D eigenvalue weighted by Crippen LogP contribution is 2.52. The molecule has 2 fully saturated rings. The Morgan fingerprint density at radius 1 is 0.966 bits per heavy atom. The molecule has 6 nitrogen and oxygen atoms in total. The van der Waals surface area contributed by atoms with Crippen LogP contribution in [-0.2, 0) is 14.4 Å². The van der Waals surface area contributed by atoms with Crippen LogP contribution in [0.5, 0.6) is 0 Å². The fourth-order valence-corrected chi connectivity index (χ4v) is 5.27. The van der Waals surface area contributed by atoms with Gasteiger partial charge in [-0.25, -0.2) is 0 Å². The molecule has 1 aromatic heterocycles. The number of carbonyl (C=O) groups excluding carboxylic acids is 3. The molecule has 29 heavy (non-hydrogen) atoms. The first-order valence-corrected chi connectivity index (χ1v) is 9.85. The van der Waals surface area contributed by atoms with Crippen molar-refractivity contribution in [1.82, 2.24) is 4.90 Å². The number of hydrogen-bond acceptors (Lipinski definition) is 4. The molecule has 144 valence electrons. The molecule has 1 N–H and O–H groups in total. The van der Waals surface area contributed by atoms with Gasteiger partial charge in [0.2, 0.25) is 17.7 Å². The molecule has 3 amide bonds. The minimum Gasteiger partial charge on any atom is -0.456 e. The number of imide groups is 1. The van der Waals surface area contributed by atoms with E-state index in [2.05, 4.69) is 5.32 Å². The quantitative estimate of drug-likeness (QED) is 0.553. The molecular weight excluding hydrogens is 368 g/mol. The molecule has 0 unspecified atom stereocenters. The zero-order valence-electron chi connectivity index (χ0n) is 15.5. The van der Waals surface area contributed by atoms with Crippen molar-refractivity contribution in [2.75, 3.05) is 11.9 Å². The maximum atomic E-state index is 12.7. The Morgan fingerprint density at radius 2 is 1.66 bits per heavy atom. The molecule has 2 bridgehead atoms. The first-order chi connectivity index (χ1) is 14.1. The summed E-state index contributed by atoms with van der Waals surface area (Å²) in [5.41, 5.74) is 2.03. The van der Waals surface area contributed by atoms with Crippen molar-refractivity contribution in [2.24, 2.45) is 23.7 Å². The van der Waals surface area contributed by atoms with Gasteiger partial charge in [0.05, 0.1) is 11.8 Å². The van der Waals surface area contributed by atoms with Gasteiger partial charge in [-0.15, -0.1) is 0 Å². The standard InChI is InChI=1S/C23H18N2O4/c26-19(11-25-22(27)20-12-5-6-13(9-12)21(20)23(25)28)24-14-7-8-16-15-3-1-2-4-17(15)29-18(16)10-14/h1-8,10,12-13,20-21H,9,11H2,(H,24,26)/t12-,13-,20-,21-/m0/s1. The highest BCUT2D eigenvalue weighted by Gasteiger charge is 2.59. The number of hydrogen-bond donors (Lipinski definition) is 1. The van der Waals surface area contributed by atoms with Crippen molar-refractivity contribution in [3.8, 4) is 0 Å². The lowest BCUT2D eigenvalue weighted by Gasteiger charge is -2.16. The number of rotatable bonds is 3. The van der Waals surface area contributed by atoms with E-state index in [0.29, 0.717) is 11.3 Å². The maximum Gasteiger partial charge on any atom is 0.244 e. The normalized spacial score (nSPS) is 27.4. The summed E-state index contributed by atoms with van der Waals surface area (Å²) in [5, 5.41) is 4.78. The molecule has 2 aromatic carbocycles. The van der Waals surface area contributed by atoms with Gasteiger partial charge in [0.1, 0.15) is 17.7 Å². The number of amides is 3. The Labute approximate surface area is 166 Å². The summed E-state index contributed by atoms with van der Waals surface area (Å²) in [5.74, 6) is -1.08. The molecule has 6 heteroatoms. The average Bonchev–Trinajstić information content (AvgIpc) is 3.46. The molecular formula is C23H18N2O4. The average molecular weight is 386 g/mol. The number of likely N-dealkylation sites (tertiary alicyclic amines) is 1. The van der Waals surface area contributed by atoms with Crippen molar-refractivity contribution in [2.45, 2.75) is 6.42 Å². The van der Waals surface area contributed by atoms with Crippen LogP contribution >= 0.6 is 0 Å². The molecule has 0 spiro atoms. The molecule has 0 radical (unpaired) electrons. The van der Waals surface area contributed by atoms with E-state index in [0.717, 1.165) is 27.7 Å². The fourth-order valence-electron chi connectivity index (χ4n) is 5.27. The van der Waals surface area contributed by atoms with Crippen LogP contribution in [0.2, 0.25) is 0 Å². The predicted molar refractivity (Wildman–Crippen MR) is 107 cm³/mol. The third-order valence-corrected chi connectivity index (χ3v) is 6.53. The summed E-state index contributed by atoms with van der Waals surface area (Å²) in [6.07, 6.45) is 4.97. The van der Waals surface area contributed by atoms with E-state index >= 15 is 0 Å². The van der Waals surface area contributed by atoms with Gasteiger partial charge in [-0.2, -0.15) is 0 Å². The second-order valence-electron chi connectivity index (χ2n) is 8.12. The van der Waals surface area contributed by atoms with Crippen LogP contribution in [0.3, 0.4) is 0 Å². The minimum atomic E-state index is -0.387. The topological polar surface area (TPSA) is 79.6 Å². The van der Waals surface area contributed by atoms with Gasteiger partial charge in [0, 0.05) is 22.5 Å². The minimum absolute atomic E-state index is 0.144. The van der Waals surface area contributed by atoms with Crippen LogP contribution in [0.4, 0.5) is 5.69 Å². The Balaban J connectivity index is 1.21. The van der Waals surface area contributed by atoms with Crippen molar-refractivity contribution >= 4 is 45.3 Å². The summed E-state index contributed by atoms with van der Waals surface area (Å²) < 4.78 is 5.85. The number of furan rings is 1. The van der Waals surface area contributed by atoms with E-state index in [9.17, 15) is 14.4 Å². The van der Waals surface area contributed by atoms with Gasteiger partial charge in [0.15, 0.2) is 0 Å². The molecule has 4 atom stereocenters. The van der Waals surface area contributed by atoms with Crippen molar-refractivity contribution in [1.29, 1.82) is 0 Å². The van der Waals surface area contributed by atoms with E-state index in [4.69, 9.17) is 4.42 Å². The van der Waals surface area contributed by atoms with Gasteiger partial charge in [-0.1, -0.05) is 30.4 Å². The van der Waals surface area contributed by atoms with Gasteiger partial charge in [0.25, 0.3) is 0 Å². The summed E-state index contributed by atoms with van der Waals surface area (Å²) in [6.45, 7) is -0.248. The van der Waals surface area contributed by atoms with Crippen molar-refractivity contribution in [3.63, 3.8) is 0 Å². The van der Waals surface area contributed by atoms with Crippen molar-refractivity contribution < 1.29 is 18.8 Å². The smallest absolute Gasteiger partial charge is 0.244 e. The van der Waals surface area contributed by atoms with Crippen LogP contribution in [0.15, 0.2) is 59.0 Å². The van der Waals surface area contributed by atoms with Crippen LogP contribution < -0.4 is 5.32 Å². The van der Waals surface area contributed by atoms with Gasteiger partial charge >= 0.3 is 0 Å². The molecule has 2 heterocycles. The summed E-state index contributed by atoms with van der Waals surface area (Å²) >= 11 is 0. The number of para-hydroxylation sites is 1. The highest BCUT2D eigenvalue weighted by atomic mass is 16.3. The SMILES string of the molecule is O=C(CN1C(=O)[C@@H]2[C@@H](C1=O)[C@H]1C=C[C@H]2C1)Nc1ccc2c(c1)oc1ccccc12. The third kappa shape index (κ3) is 2.32. The Hall–Kier alpha value is -3.41. The highest BCUT2D eigenvalue weighted by molar-refractivity contribution is 6.10. The van der Waals surface area contributed by atoms with Crippen LogP contribution in [-0.4, -0.2) is 29.2 Å². The Kier molecular flexibility index (Phi) is 3.30. The summed E-state index contributed by atoms with van der Waals surface area (Å²) in [7, 11) is 0. The molecule has 3 aliphatic rings. The fraction of sp³-hybridized carbons (Fsp3) is 0.261. The first kappa shape index (κ1) is 16.5. The lowest BCUT2D eigenvalue weighted by Crippen LogP contribution is -2.39. The van der Waals surface area contributed by atoms with E-state index in [-0.39, 0.29) is 47.9 Å². The number of allylic oxidation sites excluding steroid dienone is 2. The van der Waals surface area contributed by atoms with E-state index in [1.165, 1.54) is 0 Å². The maximum absolute atomic E-state index is 12.7. The zero-order chi connectivity index (χ0) is 19.7. The van der Waals surface area contributed by atoms with Crippen LogP contribution in [0.25, 0.3) is 21.9 Å². The molecule has 3 aromatic rings. The van der Waals surface area contributed by atoms with Crippen LogP contribution in [0.1, 0.15) is 6.42 Å². The number of benzene rings is 2. The second-order valence-corrected chi connectivity index (χ2v) is 8.12. The lowest BCUT2D eigenvalue weighted by molar-refractivity contribution is -0.143. The zero-order valence-corrected chi connectivity index (χ0v) is 15.5. The molecule has 6 rings (SSSR count). The van der Waals surface area contributed by atoms with Gasteiger partial charge in [-0.3, -0.25) is 19.3 Å². The van der Waals surface area contributed by atoms with E-state index < -0.39 is 0 Å².